The van der Waals surface area contributed by atoms with Crippen LogP contribution in [0.2, 0.25) is 0 Å². The number of halogens is 3. The highest BCUT2D eigenvalue weighted by Gasteiger charge is 2.43. The Kier molecular flexibility index (Phi) is 3.52. The number of amides is 1. The van der Waals surface area contributed by atoms with E-state index in [2.05, 4.69) is 10.3 Å². The fraction of sp³-hybridized carbons (Fsp3) is 0.222. The molecule has 0 saturated heterocycles. The van der Waals surface area contributed by atoms with E-state index in [-0.39, 0.29) is 17.8 Å². The lowest BCUT2D eigenvalue weighted by molar-refractivity contribution is -0.117. The average molecular weight is 345 g/mol. The van der Waals surface area contributed by atoms with Crippen molar-refractivity contribution in [2.45, 2.75) is 19.5 Å². The van der Waals surface area contributed by atoms with E-state index in [1.807, 2.05) is 0 Å². The summed E-state index contributed by atoms with van der Waals surface area (Å²) in [6.07, 6.45) is 2.12. The third-order valence-corrected chi connectivity index (χ3v) is 4.33. The molecule has 2 heterocycles. The zero-order valence-corrected chi connectivity index (χ0v) is 13.3. The summed E-state index contributed by atoms with van der Waals surface area (Å²) in [6.45, 7) is 1.76. The smallest absolute Gasteiger partial charge is 0.231 e. The van der Waals surface area contributed by atoms with Crippen molar-refractivity contribution in [3.05, 3.63) is 53.9 Å². The molecule has 1 fully saturated rings. The van der Waals surface area contributed by atoms with E-state index in [4.69, 9.17) is 0 Å². The van der Waals surface area contributed by atoms with Crippen LogP contribution in [0.4, 0.5) is 19.0 Å². The highest BCUT2D eigenvalue weighted by molar-refractivity contribution is 5.94. The summed E-state index contributed by atoms with van der Waals surface area (Å²) >= 11 is 0. The summed E-state index contributed by atoms with van der Waals surface area (Å²) in [5.74, 6) is -1.85. The maximum atomic E-state index is 14.5. The number of fused-ring (bicyclic) bond motifs is 1. The number of anilines is 1. The molecule has 0 radical (unpaired) electrons. The summed E-state index contributed by atoms with van der Waals surface area (Å²) in [6, 6.07) is 5.38. The van der Waals surface area contributed by atoms with E-state index in [0.29, 0.717) is 11.2 Å². The third-order valence-electron chi connectivity index (χ3n) is 4.33. The predicted octanol–water partition coefficient (Wildman–Crippen LogP) is 3.88. The van der Waals surface area contributed by atoms with Crippen molar-refractivity contribution in [3.8, 4) is 11.1 Å². The highest BCUT2D eigenvalue weighted by atomic mass is 19.1. The molecule has 1 N–H and O–H groups in total. The molecular weight excluding hydrogens is 331 g/mol. The molecule has 1 aromatic carbocycles. The van der Waals surface area contributed by atoms with Crippen molar-refractivity contribution >= 4 is 17.4 Å². The van der Waals surface area contributed by atoms with E-state index in [1.165, 1.54) is 35.0 Å². The fourth-order valence-corrected chi connectivity index (χ4v) is 2.81. The average Bonchev–Trinajstić information content (AvgIpc) is 3.17. The van der Waals surface area contributed by atoms with Gasteiger partial charge < -0.3 is 9.72 Å². The first-order chi connectivity index (χ1) is 11.9. The topological polar surface area (TPSA) is 46.4 Å². The first kappa shape index (κ1) is 15.7. The first-order valence-electron chi connectivity index (χ1n) is 7.82. The van der Waals surface area contributed by atoms with Crippen LogP contribution in [0, 0.1) is 24.5 Å². The second kappa shape index (κ2) is 5.61. The van der Waals surface area contributed by atoms with Gasteiger partial charge in [-0.3, -0.25) is 4.79 Å². The Morgan fingerprint density at radius 1 is 1.24 bits per heavy atom. The van der Waals surface area contributed by atoms with Crippen LogP contribution in [0.25, 0.3) is 16.8 Å². The predicted molar refractivity (Wildman–Crippen MR) is 86.9 cm³/mol. The van der Waals surface area contributed by atoms with Gasteiger partial charge >= 0.3 is 0 Å². The van der Waals surface area contributed by atoms with Crippen molar-refractivity contribution in [1.29, 1.82) is 0 Å². The largest absolute Gasteiger partial charge is 0.309 e. The summed E-state index contributed by atoms with van der Waals surface area (Å²) in [5.41, 5.74) is 1.69. The van der Waals surface area contributed by atoms with Gasteiger partial charge in [0.25, 0.3) is 0 Å². The quantitative estimate of drug-likeness (QED) is 0.783. The number of rotatable bonds is 3. The summed E-state index contributed by atoms with van der Waals surface area (Å²) in [7, 11) is 0. The molecule has 0 spiro atoms. The monoisotopic (exact) mass is 345 g/mol. The number of hydrogen-bond acceptors (Lipinski definition) is 2. The molecule has 7 heteroatoms. The number of pyridine rings is 1. The SMILES string of the molecule is Cc1ccc(F)cc1-c1cn2cc(NC(=O)C3CC3F)nc2cc1F. The Balaban J connectivity index is 1.71. The van der Waals surface area contributed by atoms with Gasteiger partial charge in [0.15, 0.2) is 5.82 Å². The van der Waals surface area contributed by atoms with Gasteiger partial charge in [0.2, 0.25) is 5.91 Å². The van der Waals surface area contributed by atoms with Crippen LogP contribution in [0.3, 0.4) is 0 Å². The molecule has 4 nitrogen and oxygen atoms in total. The number of imidazole rings is 1. The summed E-state index contributed by atoms with van der Waals surface area (Å²) in [4.78, 5) is 15.9. The summed E-state index contributed by atoms with van der Waals surface area (Å²) in [5, 5.41) is 2.53. The van der Waals surface area contributed by atoms with E-state index >= 15 is 0 Å². The molecule has 128 valence electrons. The van der Waals surface area contributed by atoms with E-state index in [1.54, 1.807) is 13.0 Å². The van der Waals surface area contributed by atoms with Crippen LogP contribution in [0.5, 0.6) is 0 Å². The molecule has 1 amide bonds. The molecular formula is C18H14F3N3O. The van der Waals surface area contributed by atoms with Gasteiger partial charge in [0.1, 0.15) is 23.5 Å². The maximum Gasteiger partial charge on any atom is 0.231 e. The molecule has 1 aliphatic carbocycles. The highest BCUT2D eigenvalue weighted by Crippen LogP contribution is 2.34. The van der Waals surface area contributed by atoms with Crippen molar-refractivity contribution in [2.75, 3.05) is 5.32 Å². The van der Waals surface area contributed by atoms with Crippen LogP contribution in [0.1, 0.15) is 12.0 Å². The molecule has 2 aromatic heterocycles. The molecule has 4 rings (SSSR count). The van der Waals surface area contributed by atoms with E-state index < -0.39 is 29.6 Å². The third kappa shape index (κ3) is 2.86. The van der Waals surface area contributed by atoms with Crippen LogP contribution in [-0.2, 0) is 4.79 Å². The zero-order chi connectivity index (χ0) is 17.7. The Bertz CT molecular complexity index is 999. The second-order valence-corrected chi connectivity index (χ2v) is 6.23. The standard InChI is InChI=1S/C18H14F3N3O/c1-9-2-3-10(19)4-11(9)13-7-24-8-16(22-17(24)6-15(13)21)23-18(25)12-5-14(12)20/h2-4,6-8,12,14H,5H2,1H3,(H,23,25). The Morgan fingerprint density at radius 2 is 2.00 bits per heavy atom. The van der Waals surface area contributed by atoms with Crippen molar-refractivity contribution in [2.24, 2.45) is 5.92 Å². The molecule has 2 unspecified atom stereocenters. The molecule has 0 aliphatic heterocycles. The number of aromatic nitrogens is 2. The number of aryl methyl sites for hydroxylation is 1. The lowest BCUT2D eigenvalue weighted by Gasteiger charge is -2.08. The molecule has 2 atom stereocenters. The summed E-state index contributed by atoms with van der Waals surface area (Å²) < 4.78 is 42.5. The second-order valence-electron chi connectivity index (χ2n) is 6.23. The number of hydrogen-bond donors (Lipinski definition) is 1. The van der Waals surface area contributed by atoms with Gasteiger partial charge in [0.05, 0.1) is 12.1 Å². The number of nitrogens with one attached hydrogen (secondary N) is 1. The van der Waals surface area contributed by atoms with Crippen molar-refractivity contribution in [3.63, 3.8) is 0 Å². The lowest BCUT2D eigenvalue weighted by atomic mass is 10.0. The van der Waals surface area contributed by atoms with Crippen molar-refractivity contribution in [1.82, 2.24) is 9.38 Å². The molecule has 1 saturated carbocycles. The Morgan fingerprint density at radius 3 is 2.72 bits per heavy atom. The molecule has 0 bridgehead atoms. The Labute approximate surface area is 141 Å². The minimum absolute atomic E-state index is 0.219. The zero-order valence-electron chi connectivity index (χ0n) is 13.3. The van der Waals surface area contributed by atoms with Crippen molar-refractivity contribution < 1.29 is 18.0 Å². The first-order valence-corrected chi connectivity index (χ1v) is 7.82. The van der Waals surface area contributed by atoms with Gasteiger partial charge in [-0.1, -0.05) is 6.07 Å². The Hall–Kier alpha value is -2.83. The van der Waals surface area contributed by atoms with Crippen LogP contribution >= 0.6 is 0 Å². The van der Waals surface area contributed by atoms with Crippen LogP contribution in [-0.4, -0.2) is 21.5 Å². The molecule has 25 heavy (non-hydrogen) atoms. The number of nitrogens with zero attached hydrogens (tertiary/aromatic N) is 2. The van der Waals surface area contributed by atoms with Gasteiger partial charge in [-0.15, -0.1) is 0 Å². The minimum atomic E-state index is -1.10. The van der Waals surface area contributed by atoms with Crippen LogP contribution in [0.15, 0.2) is 36.7 Å². The van der Waals surface area contributed by atoms with Gasteiger partial charge in [-0.05, 0) is 36.6 Å². The van der Waals surface area contributed by atoms with Gasteiger partial charge in [-0.25, -0.2) is 18.2 Å². The fourth-order valence-electron chi connectivity index (χ4n) is 2.81. The van der Waals surface area contributed by atoms with Crippen LogP contribution < -0.4 is 5.32 Å². The molecule has 1 aliphatic rings. The van der Waals surface area contributed by atoms with Gasteiger partial charge in [0, 0.05) is 17.8 Å². The number of alkyl halides is 1. The molecule has 3 aromatic rings. The van der Waals surface area contributed by atoms with Gasteiger partial charge in [-0.2, -0.15) is 0 Å². The van der Waals surface area contributed by atoms with E-state index in [0.717, 1.165) is 5.56 Å². The number of carbonyl (C=O) groups is 1. The number of carbonyl (C=O) groups excluding carboxylic acids is 1. The number of benzene rings is 1. The lowest BCUT2D eigenvalue weighted by Crippen LogP contribution is -2.15. The van der Waals surface area contributed by atoms with E-state index in [9.17, 15) is 18.0 Å². The maximum absolute atomic E-state index is 14.5. The normalized spacial score (nSPS) is 19.2. The minimum Gasteiger partial charge on any atom is -0.309 e.